The average molecular weight is 396 g/mol. The fraction of sp³-hybridized carbons (Fsp3) is 0.368. The maximum Gasteiger partial charge on any atom is 0.247 e. The number of nitrogens with one attached hydrogen (secondary N) is 1. The first-order valence-electron chi connectivity index (χ1n) is 8.63. The molecule has 0 bridgehead atoms. The number of quaternary nitrogens is 1. The monoisotopic (exact) mass is 395 g/mol. The van der Waals surface area contributed by atoms with E-state index in [0.29, 0.717) is 18.8 Å². The second kappa shape index (κ2) is 7.96. The molecule has 0 saturated carbocycles. The van der Waals surface area contributed by atoms with Gasteiger partial charge in [0.1, 0.15) is 17.2 Å². The van der Waals surface area contributed by atoms with Crippen LogP contribution in [0, 0.1) is 6.92 Å². The zero-order valence-corrected chi connectivity index (χ0v) is 16.6. The van der Waals surface area contributed by atoms with Crippen LogP contribution in [0.1, 0.15) is 11.1 Å². The number of halogens is 1. The number of piperazine rings is 1. The Balaban J connectivity index is 1.70. The summed E-state index contributed by atoms with van der Waals surface area (Å²) < 4.78 is 32.9. The standard InChI is InChI=1S/C19H23ClN2O3S/c1-15-6-7-18(25-2)19(12-15)26(23,24)22-10-8-21(9-11-22)14-16-4-3-5-17(20)13-16/h3-7,12-13H,8-11,14H2,1-2H3/p+1. The van der Waals surface area contributed by atoms with E-state index in [1.165, 1.54) is 17.6 Å². The number of aryl methyl sites for hydroxylation is 1. The molecule has 1 fully saturated rings. The van der Waals surface area contributed by atoms with E-state index in [2.05, 4.69) is 6.07 Å². The molecule has 1 aliphatic heterocycles. The second-order valence-electron chi connectivity index (χ2n) is 6.62. The van der Waals surface area contributed by atoms with E-state index in [0.717, 1.165) is 30.2 Å². The predicted molar refractivity (Wildman–Crippen MR) is 102 cm³/mol. The Labute approximate surface area is 160 Å². The Bertz CT molecular complexity index is 878. The summed E-state index contributed by atoms with van der Waals surface area (Å²) in [6, 6.07) is 13.1. The number of hydrogen-bond acceptors (Lipinski definition) is 3. The van der Waals surface area contributed by atoms with Gasteiger partial charge >= 0.3 is 0 Å². The van der Waals surface area contributed by atoms with Crippen LogP contribution in [0.2, 0.25) is 5.02 Å². The lowest BCUT2D eigenvalue weighted by Crippen LogP contribution is -3.13. The molecule has 2 aromatic rings. The van der Waals surface area contributed by atoms with Gasteiger partial charge in [-0.3, -0.25) is 0 Å². The molecular weight excluding hydrogens is 372 g/mol. The molecule has 2 aromatic carbocycles. The van der Waals surface area contributed by atoms with Gasteiger partial charge in [0.2, 0.25) is 10.0 Å². The lowest BCUT2D eigenvalue weighted by Gasteiger charge is -2.32. The van der Waals surface area contributed by atoms with Crippen molar-refractivity contribution in [3.05, 3.63) is 58.6 Å². The zero-order valence-electron chi connectivity index (χ0n) is 15.0. The molecule has 1 N–H and O–H groups in total. The highest BCUT2D eigenvalue weighted by Crippen LogP contribution is 2.27. The maximum atomic E-state index is 13.0. The van der Waals surface area contributed by atoms with Crippen molar-refractivity contribution in [3.8, 4) is 5.75 Å². The fourth-order valence-electron chi connectivity index (χ4n) is 3.28. The van der Waals surface area contributed by atoms with Crippen molar-refractivity contribution in [2.24, 2.45) is 0 Å². The quantitative estimate of drug-likeness (QED) is 0.839. The SMILES string of the molecule is COc1ccc(C)cc1S(=O)(=O)N1CC[NH+](Cc2cccc(Cl)c2)CC1. The van der Waals surface area contributed by atoms with Crippen molar-refractivity contribution in [3.63, 3.8) is 0 Å². The third-order valence-electron chi connectivity index (χ3n) is 4.71. The van der Waals surface area contributed by atoms with Gasteiger partial charge in [-0.1, -0.05) is 29.8 Å². The Morgan fingerprint density at radius 3 is 2.54 bits per heavy atom. The number of benzene rings is 2. The molecule has 0 radical (unpaired) electrons. The second-order valence-corrected chi connectivity index (χ2v) is 8.96. The van der Waals surface area contributed by atoms with Gasteiger partial charge in [0.15, 0.2) is 0 Å². The van der Waals surface area contributed by atoms with Gasteiger partial charge in [0.25, 0.3) is 0 Å². The van der Waals surface area contributed by atoms with Gasteiger partial charge in [0, 0.05) is 10.6 Å². The summed E-state index contributed by atoms with van der Waals surface area (Å²) in [6.45, 7) is 5.25. The molecule has 0 unspecified atom stereocenters. The molecule has 1 aliphatic rings. The minimum atomic E-state index is -3.56. The van der Waals surface area contributed by atoms with E-state index in [1.54, 1.807) is 16.4 Å². The third kappa shape index (κ3) is 4.20. The van der Waals surface area contributed by atoms with Gasteiger partial charge in [-0.05, 0) is 36.8 Å². The van der Waals surface area contributed by atoms with Gasteiger partial charge in [0.05, 0.1) is 33.3 Å². The predicted octanol–water partition coefficient (Wildman–Crippen LogP) is 1.75. The Hall–Kier alpha value is -1.60. The summed E-state index contributed by atoms with van der Waals surface area (Å²) in [6.07, 6.45) is 0. The summed E-state index contributed by atoms with van der Waals surface area (Å²) in [5.41, 5.74) is 2.07. The van der Waals surface area contributed by atoms with E-state index in [4.69, 9.17) is 16.3 Å². The van der Waals surface area contributed by atoms with Crippen LogP contribution in [0.25, 0.3) is 0 Å². The molecule has 5 nitrogen and oxygen atoms in total. The molecule has 0 aromatic heterocycles. The zero-order chi connectivity index (χ0) is 18.7. The molecule has 0 aliphatic carbocycles. The highest BCUT2D eigenvalue weighted by atomic mass is 35.5. The van der Waals surface area contributed by atoms with E-state index in [1.807, 2.05) is 31.2 Å². The number of nitrogens with zero attached hydrogens (tertiary/aromatic N) is 1. The molecule has 140 valence electrons. The van der Waals surface area contributed by atoms with Crippen LogP contribution >= 0.6 is 11.6 Å². The van der Waals surface area contributed by atoms with Crippen LogP contribution in [0.3, 0.4) is 0 Å². The largest absolute Gasteiger partial charge is 0.495 e. The van der Waals surface area contributed by atoms with Gasteiger partial charge in [-0.2, -0.15) is 4.31 Å². The summed E-state index contributed by atoms with van der Waals surface area (Å²) in [5.74, 6) is 0.393. The van der Waals surface area contributed by atoms with E-state index in [9.17, 15) is 8.42 Å². The summed E-state index contributed by atoms with van der Waals surface area (Å²) in [4.78, 5) is 1.60. The number of sulfonamides is 1. The van der Waals surface area contributed by atoms with Gasteiger partial charge in [-0.15, -0.1) is 0 Å². The van der Waals surface area contributed by atoms with Crippen molar-refractivity contribution in [2.45, 2.75) is 18.4 Å². The van der Waals surface area contributed by atoms with E-state index < -0.39 is 10.0 Å². The summed E-state index contributed by atoms with van der Waals surface area (Å²) >= 11 is 6.05. The van der Waals surface area contributed by atoms with Crippen molar-refractivity contribution >= 4 is 21.6 Å². The molecule has 26 heavy (non-hydrogen) atoms. The lowest BCUT2D eigenvalue weighted by molar-refractivity contribution is -0.917. The summed E-state index contributed by atoms with van der Waals surface area (Å²) in [5, 5.41) is 0.731. The Kier molecular flexibility index (Phi) is 5.87. The Morgan fingerprint density at radius 2 is 1.88 bits per heavy atom. The first kappa shape index (κ1) is 19.2. The van der Waals surface area contributed by atoms with Crippen LogP contribution in [-0.2, 0) is 16.6 Å². The first-order chi connectivity index (χ1) is 12.4. The number of hydrogen-bond donors (Lipinski definition) is 1. The van der Waals surface area contributed by atoms with Crippen LogP contribution in [0.5, 0.6) is 5.75 Å². The number of rotatable bonds is 5. The molecule has 3 rings (SSSR count). The molecule has 7 heteroatoms. The van der Waals surface area contributed by atoms with Crippen LogP contribution in [0.4, 0.5) is 0 Å². The molecule has 0 amide bonds. The average Bonchev–Trinajstić information content (AvgIpc) is 2.62. The third-order valence-corrected chi connectivity index (χ3v) is 6.86. The van der Waals surface area contributed by atoms with E-state index >= 15 is 0 Å². The maximum absolute atomic E-state index is 13.0. The molecule has 1 saturated heterocycles. The van der Waals surface area contributed by atoms with Crippen molar-refractivity contribution < 1.29 is 18.1 Å². The minimum Gasteiger partial charge on any atom is -0.495 e. The lowest BCUT2D eigenvalue weighted by atomic mass is 10.2. The first-order valence-corrected chi connectivity index (χ1v) is 10.4. The fourth-order valence-corrected chi connectivity index (χ4v) is 5.17. The highest BCUT2D eigenvalue weighted by molar-refractivity contribution is 7.89. The van der Waals surface area contributed by atoms with Gasteiger partial charge in [-0.25, -0.2) is 8.42 Å². The van der Waals surface area contributed by atoms with Crippen molar-refractivity contribution in [1.29, 1.82) is 0 Å². The summed E-state index contributed by atoms with van der Waals surface area (Å²) in [7, 11) is -2.06. The Morgan fingerprint density at radius 1 is 1.15 bits per heavy atom. The van der Waals surface area contributed by atoms with Crippen LogP contribution < -0.4 is 9.64 Å². The van der Waals surface area contributed by atoms with Crippen LogP contribution in [0.15, 0.2) is 47.4 Å². The van der Waals surface area contributed by atoms with Crippen molar-refractivity contribution in [1.82, 2.24) is 4.31 Å². The normalized spacial score (nSPS) is 16.6. The van der Waals surface area contributed by atoms with Gasteiger partial charge < -0.3 is 9.64 Å². The molecule has 1 heterocycles. The number of ether oxygens (including phenoxy) is 1. The topological polar surface area (TPSA) is 51.1 Å². The molecule has 0 spiro atoms. The minimum absolute atomic E-state index is 0.248. The highest BCUT2D eigenvalue weighted by Gasteiger charge is 2.32. The van der Waals surface area contributed by atoms with Crippen molar-refractivity contribution in [2.75, 3.05) is 33.3 Å². The molecular formula is C19H24ClN2O3S+. The smallest absolute Gasteiger partial charge is 0.247 e. The number of methoxy groups -OCH3 is 1. The van der Waals surface area contributed by atoms with E-state index in [-0.39, 0.29) is 4.90 Å². The molecule has 0 atom stereocenters. The van der Waals surface area contributed by atoms with Crippen LogP contribution in [-0.4, -0.2) is 46.0 Å².